The van der Waals surface area contributed by atoms with Crippen LogP contribution < -0.4 is 4.31 Å². The molecule has 8 heteroatoms. The van der Waals surface area contributed by atoms with Gasteiger partial charge in [-0.2, -0.15) is 0 Å². The Balaban J connectivity index is 1.58. The van der Waals surface area contributed by atoms with Crippen molar-refractivity contribution in [3.63, 3.8) is 0 Å². The second kappa shape index (κ2) is 7.48. The largest absolute Gasteiger partial charge is 0.278 e. The maximum absolute atomic E-state index is 13.0. The molecule has 7 nitrogen and oxygen atoms in total. The van der Waals surface area contributed by atoms with E-state index in [-0.39, 0.29) is 10.6 Å². The van der Waals surface area contributed by atoms with Crippen molar-refractivity contribution in [3.8, 4) is 0 Å². The van der Waals surface area contributed by atoms with Crippen LogP contribution in [-0.2, 0) is 16.4 Å². The Morgan fingerprint density at radius 2 is 1.66 bits per heavy atom. The summed E-state index contributed by atoms with van der Waals surface area (Å²) in [5.41, 5.74) is 2.57. The van der Waals surface area contributed by atoms with Crippen molar-refractivity contribution >= 4 is 33.3 Å². The first-order valence-corrected chi connectivity index (χ1v) is 10.4. The standard InChI is InChI=1S/C21H17N3O4S/c25-24(26)21-8-4-2-6-17(21)15-22-18-9-11-19(12-10-18)29(27,28)23-14-13-16-5-1-3-7-20(16)23/h1-12,15H,13-14H2. The highest BCUT2D eigenvalue weighted by Gasteiger charge is 2.30. The van der Waals surface area contributed by atoms with Gasteiger partial charge in [0.05, 0.1) is 26.8 Å². The number of para-hydroxylation sites is 2. The monoisotopic (exact) mass is 407 g/mol. The number of benzene rings is 3. The Labute approximate surface area is 168 Å². The lowest BCUT2D eigenvalue weighted by molar-refractivity contribution is -0.385. The van der Waals surface area contributed by atoms with Crippen LogP contribution in [0.5, 0.6) is 0 Å². The van der Waals surface area contributed by atoms with Crippen LogP contribution in [0.3, 0.4) is 0 Å². The van der Waals surface area contributed by atoms with Gasteiger partial charge in [0.1, 0.15) is 0 Å². The fraction of sp³-hybridized carbons (Fsp3) is 0.0952. The minimum absolute atomic E-state index is 0.0388. The maximum Gasteiger partial charge on any atom is 0.278 e. The number of aliphatic imine (C=N–C) groups is 1. The van der Waals surface area contributed by atoms with E-state index in [0.717, 1.165) is 5.56 Å². The fourth-order valence-electron chi connectivity index (χ4n) is 3.30. The number of nitro groups is 1. The van der Waals surface area contributed by atoms with Crippen molar-refractivity contribution in [2.75, 3.05) is 10.8 Å². The average Bonchev–Trinajstić information content (AvgIpc) is 3.18. The van der Waals surface area contributed by atoms with Crippen LogP contribution in [0.15, 0.2) is 82.7 Å². The van der Waals surface area contributed by atoms with Crippen LogP contribution in [0.2, 0.25) is 0 Å². The van der Waals surface area contributed by atoms with Crippen molar-refractivity contribution in [2.24, 2.45) is 4.99 Å². The van der Waals surface area contributed by atoms with Gasteiger partial charge < -0.3 is 0 Å². The maximum atomic E-state index is 13.0. The Kier molecular flexibility index (Phi) is 4.85. The molecule has 0 saturated carbocycles. The van der Waals surface area contributed by atoms with Crippen LogP contribution >= 0.6 is 0 Å². The number of nitro benzene ring substituents is 1. The molecule has 0 saturated heterocycles. The summed E-state index contributed by atoms with van der Waals surface area (Å²) in [5, 5.41) is 11.1. The number of hydrogen-bond donors (Lipinski definition) is 0. The minimum atomic E-state index is -3.66. The summed E-state index contributed by atoms with van der Waals surface area (Å²) < 4.78 is 27.5. The first-order chi connectivity index (χ1) is 14.0. The number of anilines is 1. The summed E-state index contributed by atoms with van der Waals surface area (Å²) in [5.74, 6) is 0. The molecule has 1 aliphatic heterocycles. The predicted molar refractivity (Wildman–Crippen MR) is 111 cm³/mol. The van der Waals surface area contributed by atoms with Crippen LogP contribution in [-0.4, -0.2) is 26.1 Å². The first kappa shape index (κ1) is 18.8. The molecule has 3 aromatic rings. The summed E-state index contributed by atoms with van der Waals surface area (Å²) in [6.45, 7) is 0.416. The zero-order valence-corrected chi connectivity index (χ0v) is 16.1. The molecule has 0 spiro atoms. The molecule has 4 rings (SSSR count). The van der Waals surface area contributed by atoms with E-state index in [9.17, 15) is 18.5 Å². The van der Waals surface area contributed by atoms with Crippen molar-refractivity contribution in [1.29, 1.82) is 0 Å². The van der Waals surface area contributed by atoms with Crippen molar-refractivity contribution in [2.45, 2.75) is 11.3 Å². The van der Waals surface area contributed by atoms with Gasteiger partial charge in [-0.3, -0.25) is 19.4 Å². The molecule has 0 unspecified atom stereocenters. The Morgan fingerprint density at radius 3 is 2.41 bits per heavy atom. The number of fused-ring (bicyclic) bond motifs is 1. The van der Waals surface area contributed by atoms with Crippen molar-refractivity contribution < 1.29 is 13.3 Å². The molecule has 0 aliphatic carbocycles. The molecular weight excluding hydrogens is 390 g/mol. The molecule has 29 heavy (non-hydrogen) atoms. The Bertz CT molecular complexity index is 1200. The quantitative estimate of drug-likeness (QED) is 0.362. The van der Waals surface area contributed by atoms with E-state index < -0.39 is 14.9 Å². The van der Waals surface area contributed by atoms with Gasteiger partial charge in [0.15, 0.2) is 0 Å². The molecule has 0 N–H and O–H groups in total. The smallest absolute Gasteiger partial charge is 0.266 e. The van der Waals surface area contributed by atoms with E-state index in [2.05, 4.69) is 4.99 Å². The van der Waals surface area contributed by atoms with Gasteiger partial charge in [-0.15, -0.1) is 0 Å². The first-order valence-electron chi connectivity index (χ1n) is 8.95. The highest BCUT2D eigenvalue weighted by molar-refractivity contribution is 7.92. The van der Waals surface area contributed by atoms with Gasteiger partial charge in [0.2, 0.25) is 0 Å². The number of hydrogen-bond acceptors (Lipinski definition) is 5. The summed E-state index contributed by atoms with van der Waals surface area (Å²) in [6.07, 6.45) is 2.09. The van der Waals surface area contributed by atoms with Crippen LogP contribution in [0, 0.1) is 10.1 Å². The summed E-state index contributed by atoms with van der Waals surface area (Å²) in [4.78, 5) is 15.0. The van der Waals surface area contributed by atoms with E-state index in [4.69, 9.17) is 0 Å². The van der Waals surface area contributed by atoms with Gasteiger partial charge in [-0.25, -0.2) is 8.42 Å². The van der Waals surface area contributed by atoms with Crippen molar-refractivity contribution in [1.82, 2.24) is 0 Å². The molecule has 0 bridgehead atoms. The highest BCUT2D eigenvalue weighted by Crippen LogP contribution is 2.33. The summed E-state index contributed by atoms with van der Waals surface area (Å²) in [7, 11) is -3.66. The molecule has 1 heterocycles. The van der Waals surface area contributed by atoms with Crippen LogP contribution in [0.25, 0.3) is 0 Å². The van der Waals surface area contributed by atoms with E-state index in [1.807, 2.05) is 24.3 Å². The Hall–Kier alpha value is -3.52. The summed E-state index contributed by atoms with van der Waals surface area (Å²) in [6, 6.07) is 19.9. The van der Waals surface area contributed by atoms with Gasteiger partial charge in [-0.05, 0) is 48.4 Å². The molecule has 0 amide bonds. The molecule has 0 radical (unpaired) electrons. The predicted octanol–water partition coefficient (Wildman–Crippen LogP) is 4.10. The molecular formula is C21H17N3O4S. The van der Waals surface area contributed by atoms with Crippen LogP contribution in [0.4, 0.5) is 17.1 Å². The highest BCUT2D eigenvalue weighted by atomic mass is 32.2. The van der Waals surface area contributed by atoms with E-state index in [0.29, 0.717) is 29.9 Å². The van der Waals surface area contributed by atoms with Gasteiger partial charge >= 0.3 is 0 Å². The average molecular weight is 407 g/mol. The molecule has 0 fully saturated rings. The van der Waals surface area contributed by atoms with E-state index >= 15 is 0 Å². The molecule has 0 aromatic heterocycles. The fourth-order valence-corrected chi connectivity index (χ4v) is 4.80. The normalized spacial score (nSPS) is 13.6. The SMILES string of the molecule is O=[N+]([O-])c1ccccc1C=Nc1ccc(S(=O)(=O)N2CCc3ccccc32)cc1. The third-order valence-corrected chi connectivity index (χ3v) is 6.58. The number of nitrogens with zero attached hydrogens (tertiary/aromatic N) is 3. The molecule has 146 valence electrons. The molecule has 3 aromatic carbocycles. The lowest BCUT2D eigenvalue weighted by atomic mass is 10.2. The zero-order valence-electron chi connectivity index (χ0n) is 15.3. The Morgan fingerprint density at radius 1 is 0.966 bits per heavy atom. The third kappa shape index (κ3) is 3.62. The zero-order chi connectivity index (χ0) is 20.4. The minimum Gasteiger partial charge on any atom is -0.266 e. The van der Waals surface area contributed by atoms with E-state index in [1.54, 1.807) is 30.3 Å². The summed E-state index contributed by atoms with van der Waals surface area (Å²) >= 11 is 0. The second-order valence-corrected chi connectivity index (χ2v) is 8.39. The molecule has 0 atom stereocenters. The number of rotatable bonds is 5. The number of sulfonamides is 1. The van der Waals surface area contributed by atoms with Gasteiger partial charge in [-0.1, -0.05) is 30.3 Å². The second-order valence-electron chi connectivity index (χ2n) is 6.52. The van der Waals surface area contributed by atoms with Crippen LogP contribution in [0.1, 0.15) is 11.1 Å². The third-order valence-electron chi connectivity index (χ3n) is 4.76. The topological polar surface area (TPSA) is 92.9 Å². The van der Waals surface area contributed by atoms with Crippen molar-refractivity contribution in [3.05, 3.63) is 94.0 Å². The lowest BCUT2D eigenvalue weighted by Gasteiger charge is -2.19. The van der Waals surface area contributed by atoms with Gasteiger partial charge in [0, 0.05) is 18.8 Å². The van der Waals surface area contributed by atoms with E-state index in [1.165, 1.54) is 28.7 Å². The van der Waals surface area contributed by atoms with Gasteiger partial charge in [0.25, 0.3) is 15.7 Å². The lowest BCUT2D eigenvalue weighted by Crippen LogP contribution is -2.29. The molecule has 1 aliphatic rings.